The lowest BCUT2D eigenvalue weighted by Crippen LogP contribution is -2.32. The van der Waals surface area contributed by atoms with Gasteiger partial charge in [0.25, 0.3) is 5.56 Å². The van der Waals surface area contributed by atoms with Gasteiger partial charge in [0.2, 0.25) is 0 Å². The number of alkyl halides is 3. The largest absolute Gasteiger partial charge is 0.496 e. The third kappa shape index (κ3) is 5.88. The first-order chi connectivity index (χ1) is 15.6. The number of halogens is 3. The molecule has 11 heteroatoms. The maximum Gasteiger partial charge on any atom is 0.393 e. The summed E-state index contributed by atoms with van der Waals surface area (Å²) < 4.78 is 43.8. The van der Waals surface area contributed by atoms with Crippen LogP contribution in [0.25, 0.3) is 11.1 Å². The zero-order valence-electron chi connectivity index (χ0n) is 17.7. The van der Waals surface area contributed by atoms with Gasteiger partial charge in [0.15, 0.2) is 0 Å². The summed E-state index contributed by atoms with van der Waals surface area (Å²) in [7, 11) is 1.46. The normalized spacial score (nSPS) is 12.3. The van der Waals surface area contributed by atoms with Crippen LogP contribution >= 0.6 is 0 Å². The number of benzene rings is 1. The van der Waals surface area contributed by atoms with E-state index in [0.29, 0.717) is 22.4 Å². The number of rotatable bonds is 8. The van der Waals surface area contributed by atoms with Gasteiger partial charge in [-0.05, 0) is 18.1 Å². The third-order valence-corrected chi connectivity index (χ3v) is 4.91. The summed E-state index contributed by atoms with van der Waals surface area (Å²) in [5.74, 6) is -1.02. The Balaban J connectivity index is 1.84. The molecule has 8 nitrogen and oxygen atoms in total. The van der Waals surface area contributed by atoms with Crippen molar-refractivity contribution in [2.75, 3.05) is 12.4 Å². The minimum atomic E-state index is -4.50. The van der Waals surface area contributed by atoms with Gasteiger partial charge in [-0.2, -0.15) is 13.2 Å². The van der Waals surface area contributed by atoms with Crippen LogP contribution < -0.4 is 15.6 Å². The van der Waals surface area contributed by atoms with E-state index in [0.717, 1.165) is 18.1 Å². The number of ether oxygens (including phenoxy) is 1. The third-order valence-electron chi connectivity index (χ3n) is 4.91. The molecule has 0 aliphatic carbocycles. The molecule has 0 aliphatic rings. The van der Waals surface area contributed by atoms with E-state index in [2.05, 4.69) is 20.3 Å². The van der Waals surface area contributed by atoms with Crippen molar-refractivity contribution in [3.05, 3.63) is 70.0 Å². The van der Waals surface area contributed by atoms with E-state index in [9.17, 15) is 27.9 Å². The number of anilines is 1. The molecule has 0 bridgehead atoms. The highest BCUT2D eigenvalue weighted by Gasteiger charge is 2.30. The van der Waals surface area contributed by atoms with Crippen molar-refractivity contribution in [3.8, 4) is 16.9 Å². The number of carboxylic acid groups (broad SMARTS) is 1. The predicted molar refractivity (Wildman–Crippen MR) is 114 cm³/mol. The fourth-order valence-electron chi connectivity index (χ4n) is 3.38. The molecule has 3 aromatic rings. The van der Waals surface area contributed by atoms with Gasteiger partial charge in [0.05, 0.1) is 19.1 Å². The van der Waals surface area contributed by atoms with Crippen molar-refractivity contribution in [2.45, 2.75) is 32.0 Å². The molecule has 174 valence electrons. The molecule has 0 aliphatic heterocycles. The molecule has 0 unspecified atom stereocenters. The highest BCUT2D eigenvalue weighted by atomic mass is 19.4. The average Bonchev–Trinajstić information content (AvgIpc) is 2.75. The fourth-order valence-corrected chi connectivity index (χ4v) is 3.38. The van der Waals surface area contributed by atoms with E-state index in [4.69, 9.17) is 4.74 Å². The lowest BCUT2D eigenvalue weighted by atomic mass is 10.00. The Labute approximate surface area is 186 Å². The van der Waals surface area contributed by atoms with Crippen molar-refractivity contribution in [2.24, 2.45) is 0 Å². The number of methoxy groups -OCH3 is 1. The molecule has 1 atom stereocenters. The summed E-state index contributed by atoms with van der Waals surface area (Å²) in [6.07, 6.45) is -2.23. The van der Waals surface area contributed by atoms with Crippen LogP contribution in [-0.2, 0) is 17.6 Å². The number of aryl methyl sites for hydroxylation is 1. The number of aromatic nitrogens is 3. The van der Waals surface area contributed by atoms with Crippen molar-refractivity contribution in [1.29, 1.82) is 0 Å². The SMILES string of the molecule is COc1c(C)c[nH]c(=O)c1-c1ccc(C[C@H](Nc2ncncc2CC(F)(F)F)C(=O)O)cc1. The van der Waals surface area contributed by atoms with E-state index >= 15 is 0 Å². The van der Waals surface area contributed by atoms with E-state index in [1.807, 2.05) is 0 Å². The summed E-state index contributed by atoms with van der Waals surface area (Å²) in [6, 6.07) is 5.35. The van der Waals surface area contributed by atoms with E-state index < -0.39 is 24.6 Å². The highest BCUT2D eigenvalue weighted by molar-refractivity contribution is 5.78. The van der Waals surface area contributed by atoms with E-state index in [1.54, 1.807) is 37.4 Å². The number of aliphatic carboxylic acids is 1. The number of nitrogens with one attached hydrogen (secondary N) is 2. The maximum atomic E-state index is 12.8. The van der Waals surface area contributed by atoms with Crippen molar-refractivity contribution in [3.63, 3.8) is 0 Å². The second-order valence-electron chi connectivity index (χ2n) is 7.33. The van der Waals surface area contributed by atoms with Crippen molar-refractivity contribution >= 4 is 11.8 Å². The van der Waals surface area contributed by atoms with Gasteiger partial charge in [-0.25, -0.2) is 14.8 Å². The Kier molecular flexibility index (Phi) is 7.00. The van der Waals surface area contributed by atoms with Crippen LogP contribution in [0.15, 0.2) is 47.8 Å². The zero-order valence-corrected chi connectivity index (χ0v) is 17.7. The second kappa shape index (κ2) is 9.72. The molecule has 3 N–H and O–H groups in total. The van der Waals surface area contributed by atoms with Gasteiger partial charge in [0, 0.05) is 29.9 Å². The molecule has 1 aromatic carbocycles. The van der Waals surface area contributed by atoms with Crippen LogP contribution in [0.3, 0.4) is 0 Å². The Bertz CT molecular complexity index is 1190. The van der Waals surface area contributed by atoms with Gasteiger partial charge >= 0.3 is 12.1 Å². The molecular weight excluding hydrogens is 441 g/mol. The molecule has 2 heterocycles. The minimum absolute atomic E-state index is 0.0353. The number of hydrogen-bond donors (Lipinski definition) is 3. The van der Waals surface area contributed by atoms with Crippen molar-refractivity contribution in [1.82, 2.24) is 15.0 Å². The Morgan fingerprint density at radius 3 is 2.58 bits per heavy atom. The lowest BCUT2D eigenvalue weighted by Gasteiger charge is -2.18. The van der Waals surface area contributed by atoms with Gasteiger partial charge in [0.1, 0.15) is 23.9 Å². The molecule has 2 aromatic heterocycles. The van der Waals surface area contributed by atoms with Gasteiger partial charge in [-0.1, -0.05) is 24.3 Å². The molecule has 3 rings (SSSR count). The number of nitrogens with zero attached hydrogens (tertiary/aromatic N) is 2. The van der Waals surface area contributed by atoms with Crippen LogP contribution in [0.4, 0.5) is 19.0 Å². The van der Waals surface area contributed by atoms with Crippen molar-refractivity contribution < 1.29 is 27.8 Å². The summed E-state index contributed by atoms with van der Waals surface area (Å²) in [5.41, 5.74) is 1.66. The monoisotopic (exact) mass is 462 g/mol. The van der Waals surface area contributed by atoms with E-state index in [-0.39, 0.29) is 23.4 Å². The molecule has 0 spiro atoms. The number of carboxylic acids is 1. The molecule has 0 amide bonds. The first-order valence-electron chi connectivity index (χ1n) is 9.79. The van der Waals surface area contributed by atoms with Gasteiger partial charge in [-0.3, -0.25) is 4.79 Å². The summed E-state index contributed by atoms with van der Waals surface area (Å²) in [4.78, 5) is 34.1. The van der Waals surface area contributed by atoms with Crippen LogP contribution in [0.2, 0.25) is 0 Å². The number of aromatic amines is 1. The molecule has 0 radical (unpaired) electrons. The quantitative estimate of drug-likeness (QED) is 0.470. The van der Waals surface area contributed by atoms with Crippen LogP contribution in [0.5, 0.6) is 5.75 Å². The Morgan fingerprint density at radius 1 is 1.27 bits per heavy atom. The van der Waals surface area contributed by atoms with Crippen LogP contribution in [0, 0.1) is 6.92 Å². The molecular formula is C22H21F3N4O4. The number of pyridine rings is 1. The van der Waals surface area contributed by atoms with Gasteiger partial charge in [-0.15, -0.1) is 0 Å². The predicted octanol–water partition coefficient (Wildman–Crippen LogP) is 3.36. The molecule has 0 saturated heterocycles. The minimum Gasteiger partial charge on any atom is -0.496 e. The van der Waals surface area contributed by atoms with Crippen LogP contribution in [-0.4, -0.2) is 45.4 Å². The second-order valence-corrected chi connectivity index (χ2v) is 7.33. The Morgan fingerprint density at radius 2 is 1.97 bits per heavy atom. The maximum absolute atomic E-state index is 12.8. The van der Waals surface area contributed by atoms with E-state index in [1.165, 1.54) is 7.11 Å². The topological polar surface area (TPSA) is 117 Å². The molecule has 33 heavy (non-hydrogen) atoms. The van der Waals surface area contributed by atoms with Gasteiger partial charge < -0.3 is 20.1 Å². The number of H-pyrrole nitrogens is 1. The average molecular weight is 462 g/mol. The number of hydrogen-bond acceptors (Lipinski definition) is 6. The smallest absolute Gasteiger partial charge is 0.393 e. The standard InChI is InChI=1S/C22H21F3N4O4/c1-12-9-27-20(30)17(18(12)33-2)14-5-3-13(4-6-14)7-16(21(31)32)29-19-15(8-22(23,24)25)10-26-11-28-19/h3-6,9-11,16H,7-8H2,1-2H3,(H,27,30)(H,31,32)(H,26,28,29)/t16-/m0/s1. The zero-order chi connectivity index (χ0) is 24.2. The summed E-state index contributed by atoms with van der Waals surface area (Å²) >= 11 is 0. The van der Waals surface area contributed by atoms with Crippen LogP contribution in [0.1, 0.15) is 16.7 Å². The Hall–Kier alpha value is -3.89. The lowest BCUT2D eigenvalue weighted by molar-refractivity contribution is -0.137. The summed E-state index contributed by atoms with van der Waals surface area (Å²) in [5, 5.41) is 12.2. The first-order valence-corrected chi connectivity index (χ1v) is 9.79. The molecule has 0 fully saturated rings. The highest BCUT2D eigenvalue weighted by Crippen LogP contribution is 2.29. The summed E-state index contributed by atoms with van der Waals surface area (Å²) in [6.45, 7) is 1.79. The first kappa shape index (κ1) is 23.8. The molecule has 0 saturated carbocycles. The number of carbonyl (C=O) groups is 1. The fraction of sp³-hybridized carbons (Fsp3) is 0.273.